The van der Waals surface area contributed by atoms with Crippen LogP contribution in [0.15, 0.2) is 4.99 Å². The first kappa shape index (κ1) is 52.0. The summed E-state index contributed by atoms with van der Waals surface area (Å²) in [4.78, 5) is 106. The Bertz CT molecular complexity index is 1340. The van der Waals surface area contributed by atoms with Crippen LogP contribution in [0.5, 0.6) is 0 Å². The number of nitrogens with one attached hydrogen (secondary N) is 7. The van der Waals surface area contributed by atoms with Crippen LogP contribution >= 0.6 is 0 Å². The molecular formula is C40H73N11O8. The second-order valence-corrected chi connectivity index (χ2v) is 15.1. The van der Waals surface area contributed by atoms with Gasteiger partial charge in [0.25, 0.3) is 0 Å². The van der Waals surface area contributed by atoms with E-state index in [9.17, 15) is 38.4 Å². The average molecular weight is 836 g/mol. The van der Waals surface area contributed by atoms with Gasteiger partial charge in [-0.05, 0) is 51.4 Å². The van der Waals surface area contributed by atoms with E-state index in [2.05, 4.69) is 49.1 Å². The van der Waals surface area contributed by atoms with Gasteiger partial charge in [0.2, 0.25) is 47.3 Å². The van der Waals surface area contributed by atoms with Crippen molar-refractivity contribution in [2.45, 2.75) is 166 Å². The van der Waals surface area contributed by atoms with Crippen molar-refractivity contribution in [1.29, 1.82) is 0 Å². The molecule has 1 aliphatic heterocycles. The van der Waals surface area contributed by atoms with Crippen LogP contribution in [0.1, 0.15) is 148 Å². The Hall–Kier alpha value is -4.97. The Morgan fingerprint density at radius 1 is 0.627 bits per heavy atom. The molecule has 1 fully saturated rings. The van der Waals surface area contributed by atoms with Crippen LogP contribution in [-0.4, -0.2) is 104 Å². The molecule has 0 bridgehead atoms. The number of carbonyl (C=O) groups is 8. The molecule has 0 saturated carbocycles. The van der Waals surface area contributed by atoms with Crippen molar-refractivity contribution in [3.05, 3.63) is 0 Å². The van der Waals surface area contributed by atoms with Gasteiger partial charge in [-0.3, -0.25) is 43.3 Å². The quantitative estimate of drug-likeness (QED) is 0.0404. The summed E-state index contributed by atoms with van der Waals surface area (Å²) >= 11 is 0. The molecule has 0 radical (unpaired) electrons. The number of hydrogen-bond acceptors (Lipinski definition) is 9. The molecule has 0 aromatic carbocycles. The topological polar surface area (TPSA) is 311 Å². The van der Waals surface area contributed by atoms with Gasteiger partial charge in [-0.2, -0.15) is 0 Å². The number of guanidine groups is 1. The summed E-state index contributed by atoms with van der Waals surface area (Å²) in [6.07, 6.45) is 15.1. The lowest BCUT2D eigenvalue weighted by Gasteiger charge is -2.25. The van der Waals surface area contributed by atoms with E-state index in [-0.39, 0.29) is 70.0 Å². The predicted molar refractivity (Wildman–Crippen MR) is 225 cm³/mol. The molecule has 3 atom stereocenters. The van der Waals surface area contributed by atoms with E-state index in [0.717, 1.165) is 12.8 Å². The van der Waals surface area contributed by atoms with Crippen molar-refractivity contribution in [3.8, 4) is 0 Å². The molecular weight excluding hydrogens is 763 g/mol. The first-order valence-corrected chi connectivity index (χ1v) is 21.6. The molecule has 19 nitrogen and oxygen atoms in total. The van der Waals surface area contributed by atoms with Gasteiger partial charge in [-0.1, -0.05) is 77.6 Å². The molecule has 0 spiro atoms. The number of carbonyl (C=O) groups excluding carboxylic acids is 8. The summed E-state index contributed by atoms with van der Waals surface area (Å²) < 4.78 is 0. The number of rotatable bonds is 22. The lowest BCUT2D eigenvalue weighted by atomic mass is 10.0. The van der Waals surface area contributed by atoms with Crippen LogP contribution in [0.3, 0.4) is 0 Å². The van der Waals surface area contributed by atoms with E-state index >= 15 is 0 Å². The van der Waals surface area contributed by atoms with Crippen molar-refractivity contribution in [3.63, 3.8) is 0 Å². The van der Waals surface area contributed by atoms with Crippen molar-refractivity contribution in [2.75, 3.05) is 32.7 Å². The van der Waals surface area contributed by atoms with Crippen LogP contribution in [-0.2, 0) is 38.4 Å². The van der Waals surface area contributed by atoms with Crippen LogP contribution in [0.2, 0.25) is 0 Å². The van der Waals surface area contributed by atoms with Crippen molar-refractivity contribution in [1.82, 2.24) is 37.2 Å². The maximum Gasteiger partial charge on any atom is 0.243 e. The lowest BCUT2D eigenvalue weighted by Crippen LogP contribution is -2.56. The minimum atomic E-state index is -1.16. The lowest BCUT2D eigenvalue weighted by molar-refractivity contribution is -0.133. The highest BCUT2D eigenvalue weighted by atomic mass is 16.2. The zero-order valence-corrected chi connectivity index (χ0v) is 35.3. The molecule has 8 amide bonds. The molecule has 1 aliphatic rings. The zero-order valence-electron chi connectivity index (χ0n) is 35.3. The molecule has 1 rings (SSSR count). The highest BCUT2D eigenvalue weighted by Gasteiger charge is 2.29. The zero-order chi connectivity index (χ0) is 43.7. The number of aliphatic imine (C=N–C) groups is 1. The number of unbranched alkanes of at least 4 members (excludes halogenated alkanes) is 11. The van der Waals surface area contributed by atoms with Gasteiger partial charge in [-0.25, -0.2) is 0 Å². The monoisotopic (exact) mass is 836 g/mol. The Kier molecular flexibility index (Phi) is 29.0. The third kappa shape index (κ3) is 28.2. The van der Waals surface area contributed by atoms with E-state index in [1.807, 2.05) is 0 Å². The normalized spacial score (nSPS) is 19.5. The molecule has 13 N–H and O–H groups in total. The van der Waals surface area contributed by atoms with E-state index in [0.29, 0.717) is 45.1 Å². The standard InChI is InChI=1S/C40H73N11O8/c1-2-3-4-5-6-7-8-9-10-15-24-44-32(52)21-13-11-12-19-31-39(59)50-29(37(41)57)18-14-16-25-45-35(55)27-47-33(53)22-23-34(54)48-28-36(56)49-30(38(58)51-31)20-17-26-46-40(42)43/h29-31H,2-28H2,1H3,(H2,41,57)(H,44,52)(H,45,55)(H,47,53)(H,48,54)(H,49,56)(H,50,59)(H,51,58)(H4,42,43,46)/t29-,30-,31-/m0/s1. The Morgan fingerprint density at radius 3 is 1.81 bits per heavy atom. The average Bonchev–Trinajstić information content (AvgIpc) is 3.19. The largest absolute Gasteiger partial charge is 0.370 e. The first-order valence-electron chi connectivity index (χ1n) is 21.6. The van der Waals surface area contributed by atoms with E-state index in [1.54, 1.807) is 0 Å². The van der Waals surface area contributed by atoms with Crippen LogP contribution in [0.4, 0.5) is 0 Å². The van der Waals surface area contributed by atoms with Crippen molar-refractivity contribution < 1.29 is 38.4 Å². The fourth-order valence-electron chi connectivity index (χ4n) is 6.38. The summed E-state index contributed by atoms with van der Waals surface area (Å²) in [5.74, 6) is -4.61. The third-order valence-corrected chi connectivity index (χ3v) is 9.85. The molecule has 59 heavy (non-hydrogen) atoms. The summed E-state index contributed by atoms with van der Waals surface area (Å²) in [5, 5.41) is 18.4. The molecule has 0 unspecified atom stereocenters. The van der Waals surface area contributed by atoms with Crippen molar-refractivity contribution >= 4 is 53.2 Å². The van der Waals surface area contributed by atoms with Gasteiger partial charge in [0.05, 0.1) is 13.1 Å². The molecule has 0 aromatic heterocycles. The highest BCUT2D eigenvalue weighted by Crippen LogP contribution is 2.12. The molecule has 0 aliphatic carbocycles. The highest BCUT2D eigenvalue weighted by molar-refractivity contribution is 5.95. The molecule has 19 heteroatoms. The summed E-state index contributed by atoms with van der Waals surface area (Å²) in [7, 11) is 0. The number of amides is 8. The Balaban J connectivity index is 2.92. The van der Waals surface area contributed by atoms with Crippen LogP contribution in [0.25, 0.3) is 0 Å². The predicted octanol–water partition coefficient (Wildman–Crippen LogP) is 0.280. The second kappa shape index (κ2) is 32.9. The second-order valence-electron chi connectivity index (χ2n) is 15.1. The fraction of sp³-hybridized carbons (Fsp3) is 0.775. The molecule has 1 saturated heterocycles. The van der Waals surface area contributed by atoms with E-state index < -0.39 is 66.0 Å². The van der Waals surface area contributed by atoms with Gasteiger partial charge in [0.15, 0.2) is 5.96 Å². The maximum absolute atomic E-state index is 13.7. The summed E-state index contributed by atoms with van der Waals surface area (Å²) in [6.45, 7) is 2.43. The summed E-state index contributed by atoms with van der Waals surface area (Å²) in [5.41, 5.74) is 16.5. The number of hydrogen-bond donors (Lipinski definition) is 10. The molecule has 336 valence electrons. The van der Waals surface area contributed by atoms with E-state index in [1.165, 1.54) is 51.4 Å². The van der Waals surface area contributed by atoms with Gasteiger partial charge in [0, 0.05) is 38.9 Å². The Morgan fingerprint density at radius 2 is 1.19 bits per heavy atom. The first-order chi connectivity index (χ1) is 28.3. The van der Waals surface area contributed by atoms with Gasteiger partial charge in [-0.15, -0.1) is 0 Å². The van der Waals surface area contributed by atoms with Crippen LogP contribution in [0, 0.1) is 0 Å². The smallest absolute Gasteiger partial charge is 0.243 e. The van der Waals surface area contributed by atoms with E-state index in [4.69, 9.17) is 17.2 Å². The minimum Gasteiger partial charge on any atom is -0.370 e. The summed E-state index contributed by atoms with van der Waals surface area (Å²) in [6, 6.07) is -3.36. The van der Waals surface area contributed by atoms with Gasteiger partial charge >= 0.3 is 0 Å². The molecule has 1 heterocycles. The SMILES string of the molecule is CCCCCCCCCCCCNC(=O)CCCCC[C@@H]1NC(=O)[C@H](CCCN=C(N)N)NC(=O)CNC(=O)CCC(=O)NCC(=O)NCCCC[C@@H](C(N)=O)NC1=O. The van der Waals surface area contributed by atoms with Gasteiger partial charge in [0.1, 0.15) is 18.1 Å². The number of nitrogens with zero attached hydrogens (tertiary/aromatic N) is 1. The fourth-order valence-corrected chi connectivity index (χ4v) is 6.38. The number of primary amides is 1. The van der Waals surface area contributed by atoms with Gasteiger partial charge < -0.3 is 54.4 Å². The minimum absolute atomic E-state index is 0.0410. The number of nitrogens with two attached hydrogens (primary N) is 3. The van der Waals surface area contributed by atoms with Crippen LogP contribution < -0.4 is 54.4 Å². The maximum atomic E-state index is 13.7. The molecule has 0 aromatic rings. The Labute approximate surface area is 349 Å². The third-order valence-electron chi connectivity index (χ3n) is 9.85. The van der Waals surface area contributed by atoms with Crippen molar-refractivity contribution in [2.24, 2.45) is 22.2 Å².